The first-order chi connectivity index (χ1) is 9.66. The predicted molar refractivity (Wildman–Crippen MR) is 79.3 cm³/mol. The summed E-state index contributed by atoms with van der Waals surface area (Å²) in [6.45, 7) is 1.62. The highest BCUT2D eigenvalue weighted by molar-refractivity contribution is 7.98. The molecular formula is C15H16N2O2S. The zero-order valence-corrected chi connectivity index (χ0v) is 12.0. The standard InChI is InChI=1S/C15H16N2O2S/c1-11(16)19-15(18)13-8-5-9-17-14(13)20-10-12-6-3-2-4-7-12/h2-9,11H,10,16H2,1H3. The van der Waals surface area contributed by atoms with Crippen molar-refractivity contribution in [2.75, 3.05) is 0 Å². The Bertz CT molecular complexity index is 573. The van der Waals surface area contributed by atoms with Gasteiger partial charge in [-0.2, -0.15) is 0 Å². The van der Waals surface area contributed by atoms with Crippen molar-refractivity contribution in [1.82, 2.24) is 4.98 Å². The molecule has 1 aromatic heterocycles. The lowest BCUT2D eigenvalue weighted by Crippen LogP contribution is -2.23. The number of pyridine rings is 1. The molecule has 1 unspecified atom stereocenters. The van der Waals surface area contributed by atoms with Crippen LogP contribution >= 0.6 is 11.8 Å². The van der Waals surface area contributed by atoms with Gasteiger partial charge in [0.1, 0.15) is 11.3 Å². The molecule has 5 heteroatoms. The Hall–Kier alpha value is -1.85. The van der Waals surface area contributed by atoms with Crippen molar-refractivity contribution in [3.8, 4) is 0 Å². The van der Waals surface area contributed by atoms with Crippen molar-refractivity contribution < 1.29 is 9.53 Å². The minimum absolute atomic E-state index is 0.441. The first-order valence-corrected chi connectivity index (χ1v) is 7.23. The van der Waals surface area contributed by atoms with Crippen molar-refractivity contribution in [2.45, 2.75) is 23.9 Å². The first-order valence-electron chi connectivity index (χ1n) is 6.25. The number of esters is 1. The van der Waals surface area contributed by atoms with Crippen molar-refractivity contribution in [3.05, 3.63) is 59.8 Å². The second kappa shape index (κ2) is 7.07. The zero-order chi connectivity index (χ0) is 14.4. The van der Waals surface area contributed by atoms with E-state index in [0.717, 1.165) is 5.75 Å². The van der Waals surface area contributed by atoms with Gasteiger partial charge in [-0.1, -0.05) is 30.3 Å². The number of hydrogen-bond acceptors (Lipinski definition) is 5. The van der Waals surface area contributed by atoms with E-state index in [1.165, 1.54) is 17.3 Å². The maximum absolute atomic E-state index is 11.9. The minimum Gasteiger partial charge on any atom is -0.443 e. The van der Waals surface area contributed by atoms with E-state index < -0.39 is 12.2 Å². The van der Waals surface area contributed by atoms with Crippen LogP contribution in [0.3, 0.4) is 0 Å². The normalized spacial score (nSPS) is 11.9. The van der Waals surface area contributed by atoms with Gasteiger partial charge in [-0.25, -0.2) is 9.78 Å². The summed E-state index contributed by atoms with van der Waals surface area (Å²) in [5, 5.41) is 0.655. The molecule has 0 amide bonds. The van der Waals surface area contributed by atoms with Gasteiger partial charge in [-0.05, 0) is 24.6 Å². The molecule has 0 aliphatic heterocycles. The maximum atomic E-state index is 11.9. The molecule has 0 radical (unpaired) electrons. The molecule has 0 aliphatic carbocycles. The summed E-state index contributed by atoms with van der Waals surface area (Å²) in [7, 11) is 0. The molecular weight excluding hydrogens is 272 g/mol. The molecule has 104 valence electrons. The molecule has 0 bridgehead atoms. The predicted octanol–water partition coefficient (Wildman–Crippen LogP) is 2.84. The molecule has 2 rings (SSSR count). The Morgan fingerprint density at radius 1 is 1.30 bits per heavy atom. The molecule has 0 spiro atoms. The van der Waals surface area contributed by atoms with Gasteiger partial charge in [0.25, 0.3) is 0 Å². The van der Waals surface area contributed by atoms with Gasteiger partial charge in [0, 0.05) is 11.9 Å². The lowest BCUT2D eigenvalue weighted by molar-refractivity contribution is 0.0350. The summed E-state index contributed by atoms with van der Waals surface area (Å²) in [6.07, 6.45) is 1.03. The van der Waals surface area contributed by atoms with E-state index in [-0.39, 0.29) is 0 Å². The van der Waals surface area contributed by atoms with Crippen molar-refractivity contribution in [1.29, 1.82) is 0 Å². The highest BCUT2D eigenvalue weighted by atomic mass is 32.2. The topological polar surface area (TPSA) is 65.2 Å². The molecule has 0 saturated heterocycles. The van der Waals surface area contributed by atoms with Crippen LogP contribution < -0.4 is 5.73 Å². The molecule has 0 aliphatic rings. The Labute approximate surface area is 122 Å². The zero-order valence-electron chi connectivity index (χ0n) is 11.2. The summed E-state index contributed by atoms with van der Waals surface area (Å²) < 4.78 is 5.01. The van der Waals surface area contributed by atoms with Gasteiger partial charge in [0.15, 0.2) is 0 Å². The number of ether oxygens (including phenoxy) is 1. The number of carbonyl (C=O) groups is 1. The molecule has 20 heavy (non-hydrogen) atoms. The monoisotopic (exact) mass is 288 g/mol. The number of carbonyl (C=O) groups excluding carboxylic acids is 1. The van der Waals surface area contributed by atoms with Crippen LogP contribution in [0, 0.1) is 0 Å². The molecule has 1 atom stereocenters. The van der Waals surface area contributed by atoms with Crippen molar-refractivity contribution in [3.63, 3.8) is 0 Å². The first kappa shape index (κ1) is 14.6. The van der Waals surface area contributed by atoms with Gasteiger partial charge in [-0.15, -0.1) is 11.8 Å². The van der Waals surface area contributed by atoms with Crippen molar-refractivity contribution >= 4 is 17.7 Å². The number of nitrogens with two attached hydrogens (primary N) is 1. The average molecular weight is 288 g/mol. The highest BCUT2D eigenvalue weighted by Crippen LogP contribution is 2.24. The van der Waals surface area contributed by atoms with E-state index in [1.807, 2.05) is 30.3 Å². The number of aromatic nitrogens is 1. The summed E-state index contributed by atoms with van der Waals surface area (Å²) in [5.41, 5.74) is 7.10. The number of thioether (sulfide) groups is 1. The SMILES string of the molecule is CC(N)OC(=O)c1cccnc1SCc1ccccc1. The Morgan fingerprint density at radius 2 is 2.05 bits per heavy atom. The fraction of sp³-hybridized carbons (Fsp3) is 0.200. The van der Waals surface area contributed by atoms with E-state index in [0.29, 0.717) is 10.6 Å². The number of hydrogen-bond donors (Lipinski definition) is 1. The lowest BCUT2D eigenvalue weighted by atomic mass is 10.2. The Morgan fingerprint density at radius 3 is 2.75 bits per heavy atom. The second-order valence-electron chi connectivity index (χ2n) is 4.24. The largest absolute Gasteiger partial charge is 0.443 e. The number of benzene rings is 1. The van der Waals surface area contributed by atoms with Crippen LogP contribution in [0.15, 0.2) is 53.7 Å². The number of nitrogens with zero attached hydrogens (tertiary/aromatic N) is 1. The maximum Gasteiger partial charge on any atom is 0.342 e. The van der Waals surface area contributed by atoms with Crippen LogP contribution in [0.5, 0.6) is 0 Å². The molecule has 1 aromatic carbocycles. The molecule has 0 saturated carbocycles. The van der Waals surface area contributed by atoms with Crippen LogP contribution in [0.2, 0.25) is 0 Å². The number of rotatable bonds is 5. The van der Waals surface area contributed by atoms with Crippen LogP contribution in [0.1, 0.15) is 22.8 Å². The quantitative estimate of drug-likeness (QED) is 0.520. The summed E-state index contributed by atoms with van der Waals surface area (Å²) in [4.78, 5) is 16.2. The van der Waals surface area contributed by atoms with Crippen LogP contribution in [0.4, 0.5) is 0 Å². The third kappa shape index (κ3) is 4.08. The van der Waals surface area contributed by atoms with E-state index >= 15 is 0 Å². The van der Waals surface area contributed by atoms with E-state index in [4.69, 9.17) is 10.5 Å². The molecule has 2 N–H and O–H groups in total. The van der Waals surface area contributed by atoms with Gasteiger partial charge < -0.3 is 4.74 Å². The van der Waals surface area contributed by atoms with Gasteiger partial charge in [-0.3, -0.25) is 5.73 Å². The summed E-state index contributed by atoms with van der Waals surface area (Å²) in [6, 6.07) is 13.4. The average Bonchev–Trinajstić information content (AvgIpc) is 2.46. The summed E-state index contributed by atoms with van der Waals surface area (Å²) in [5.74, 6) is 0.305. The van der Waals surface area contributed by atoms with Crippen LogP contribution in [-0.2, 0) is 10.5 Å². The third-order valence-electron chi connectivity index (χ3n) is 2.50. The van der Waals surface area contributed by atoms with Gasteiger partial charge in [0.05, 0.1) is 5.56 Å². The van der Waals surface area contributed by atoms with E-state index in [2.05, 4.69) is 4.98 Å². The fourth-order valence-electron chi connectivity index (χ4n) is 1.62. The molecule has 1 heterocycles. The van der Waals surface area contributed by atoms with Crippen LogP contribution in [0.25, 0.3) is 0 Å². The van der Waals surface area contributed by atoms with E-state index in [1.54, 1.807) is 25.3 Å². The second-order valence-corrected chi connectivity index (χ2v) is 5.20. The highest BCUT2D eigenvalue weighted by Gasteiger charge is 2.15. The van der Waals surface area contributed by atoms with Crippen LogP contribution in [-0.4, -0.2) is 17.2 Å². The molecule has 0 fully saturated rings. The lowest BCUT2D eigenvalue weighted by Gasteiger charge is -2.10. The van der Waals surface area contributed by atoms with E-state index in [9.17, 15) is 4.79 Å². The van der Waals surface area contributed by atoms with Gasteiger partial charge >= 0.3 is 5.97 Å². The Kier molecular flexibility index (Phi) is 5.15. The molecule has 2 aromatic rings. The minimum atomic E-state index is -0.630. The Balaban J connectivity index is 2.10. The smallest absolute Gasteiger partial charge is 0.342 e. The van der Waals surface area contributed by atoms with Gasteiger partial charge in [0.2, 0.25) is 0 Å². The summed E-state index contributed by atoms with van der Waals surface area (Å²) >= 11 is 1.50. The molecule has 4 nitrogen and oxygen atoms in total. The third-order valence-corrected chi connectivity index (χ3v) is 3.58. The van der Waals surface area contributed by atoms with Crippen molar-refractivity contribution in [2.24, 2.45) is 5.73 Å². The fourth-order valence-corrected chi connectivity index (χ4v) is 2.56.